The number of benzene rings is 3. The summed E-state index contributed by atoms with van der Waals surface area (Å²) in [4.78, 5) is 15.2. The minimum absolute atomic E-state index is 0.0813. The number of nitrogens with zero attached hydrogens (tertiary/aromatic N) is 1. The van der Waals surface area contributed by atoms with Crippen LogP contribution in [0.4, 0.5) is 0 Å². The number of hydrogen-bond acceptors (Lipinski definition) is 2. The minimum Gasteiger partial charge on any atom is -0.342 e. The van der Waals surface area contributed by atoms with Crippen LogP contribution in [0, 0.1) is 0 Å². The molecule has 5 rings (SSSR count). The van der Waals surface area contributed by atoms with Gasteiger partial charge in [-0.25, -0.2) is 0 Å². The summed E-state index contributed by atoms with van der Waals surface area (Å²) in [5.74, 6) is 0.206. The van der Waals surface area contributed by atoms with Gasteiger partial charge in [0, 0.05) is 13.1 Å². The monoisotopic (exact) mass is 424 g/mol. The summed E-state index contributed by atoms with van der Waals surface area (Å²) >= 11 is 0. The topological polar surface area (TPSA) is 32.3 Å². The van der Waals surface area contributed by atoms with Gasteiger partial charge in [0.1, 0.15) is 0 Å². The molecule has 1 fully saturated rings. The number of amides is 1. The normalized spacial score (nSPS) is 17.1. The largest absolute Gasteiger partial charge is 0.342 e. The summed E-state index contributed by atoms with van der Waals surface area (Å²) in [6.45, 7) is 6.62. The van der Waals surface area contributed by atoms with Crippen molar-refractivity contribution in [2.24, 2.45) is 0 Å². The third-order valence-corrected chi connectivity index (χ3v) is 7.56. The minimum atomic E-state index is 0.0813. The van der Waals surface area contributed by atoms with E-state index in [1.54, 1.807) is 0 Å². The Bertz CT molecular complexity index is 1080. The predicted molar refractivity (Wildman–Crippen MR) is 131 cm³/mol. The van der Waals surface area contributed by atoms with Crippen molar-refractivity contribution < 1.29 is 4.79 Å². The van der Waals surface area contributed by atoms with E-state index in [2.05, 4.69) is 96.9 Å². The molecule has 32 heavy (non-hydrogen) atoms. The highest BCUT2D eigenvalue weighted by Gasteiger charge is 2.35. The molecule has 0 radical (unpaired) electrons. The zero-order valence-electron chi connectivity index (χ0n) is 19.1. The van der Waals surface area contributed by atoms with Crippen LogP contribution in [0.1, 0.15) is 55.0 Å². The number of nitrogens with one attached hydrogen (secondary N) is 1. The number of hydrogen-bond donors (Lipinski definition) is 1. The van der Waals surface area contributed by atoms with Gasteiger partial charge < -0.3 is 4.90 Å². The average Bonchev–Trinajstić information content (AvgIpc) is 3.16. The van der Waals surface area contributed by atoms with Crippen molar-refractivity contribution in [2.45, 2.75) is 44.6 Å². The third kappa shape index (κ3) is 3.65. The Morgan fingerprint density at radius 2 is 1.47 bits per heavy atom. The third-order valence-electron chi connectivity index (χ3n) is 7.56. The Labute approximate surface area is 191 Å². The van der Waals surface area contributed by atoms with E-state index in [0.29, 0.717) is 6.54 Å². The highest BCUT2D eigenvalue weighted by atomic mass is 16.2. The van der Waals surface area contributed by atoms with Crippen molar-refractivity contribution in [3.05, 3.63) is 95.1 Å². The number of carbonyl (C=O) groups excluding carboxylic acids is 1. The molecule has 1 N–H and O–H groups in total. The number of piperidine rings is 1. The molecule has 3 nitrogen and oxygen atoms in total. The van der Waals surface area contributed by atoms with Crippen molar-refractivity contribution in [2.75, 3.05) is 19.6 Å². The van der Waals surface area contributed by atoms with E-state index in [-0.39, 0.29) is 17.4 Å². The van der Waals surface area contributed by atoms with Crippen LogP contribution in [-0.2, 0) is 16.6 Å². The first-order valence-corrected chi connectivity index (χ1v) is 11.9. The molecule has 3 aromatic rings. The number of rotatable bonds is 5. The fourth-order valence-corrected chi connectivity index (χ4v) is 5.61. The lowest BCUT2D eigenvalue weighted by Gasteiger charge is -2.41. The van der Waals surface area contributed by atoms with Gasteiger partial charge in [-0.2, -0.15) is 0 Å². The van der Waals surface area contributed by atoms with Crippen LogP contribution in [0.15, 0.2) is 72.8 Å². The summed E-state index contributed by atoms with van der Waals surface area (Å²) in [7, 11) is 0. The molecule has 3 aromatic carbocycles. The maximum atomic E-state index is 13.1. The van der Waals surface area contributed by atoms with E-state index in [9.17, 15) is 4.79 Å². The van der Waals surface area contributed by atoms with Gasteiger partial charge in [0.15, 0.2) is 0 Å². The van der Waals surface area contributed by atoms with Crippen LogP contribution in [0.25, 0.3) is 11.1 Å². The molecule has 1 aliphatic heterocycles. The van der Waals surface area contributed by atoms with E-state index in [1.165, 1.54) is 33.4 Å². The molecule has 0 spiro atoms. The fraction of sp³-hybridized carbons (Fsp3) is 0.345. The number of likely N-dealkylation sites (tertiary alicyclic amines) is 1. The van der Waals surface area contributed by atoms with Gasteiger partial charge in [-0.1, -0.05) is 86.6 Å². The molecule has 3 heteroatoms. The van der Waals surface area contributed by atoms with Crippen LogP contribution in [-0.4, -0.2) is 30.4 Å². The van der Waals surface area contributed by atoms with Crippen LogP contribution in [0.5, 0.6) is 0 Å². The first kappa shape index (κ1) is 21.0. The van der Waals surface area contributed by atoms with E-state index >= 15 is 0 Å². The smallest absolute Gasteiger partial charge is 0.236 e. The highest BCUT2D eigenvalue weighted by molar-refractivity contribution is 5.81. The van der Waals surface area contributed by atoms with Crippen molar-refractivity contribution in [1.29, 1.82) is 0 Å². The molecule has 0 atom stereocenters. The lowest BCUT2D eigenvalue weighted by atomic mass is 9.72. The standard InChI is InChI=1S/C29H32N2O/c1-3-21-10-4-9-15-26(21)29(2)16-18-31(19-17-29)27(32)20-30-28-24-13-7-5-11-22(24)23-12-6-8-14-25(23)28/h4-15,28,30H,3,16-20H2,1-2H3. The molecule has 1 aliphatic carbocycles. The summed E-state index contributed by atoms with van der Waals surface area (Å²) in [6.07, 6.45) is 3.10. The zero-order valence-corrected chi connectivity index (χ0v) is 19.1. The Hall–Kier alpha value is -2.91. The molecule has 2 aliphatic rings. The van der Waals surface area contributed by atoms with Crippen molar-refractivity contribution in [3.8, 4) is 11.1 Å². The number of carbonyl (C=O) groups is 1. The van der Waals surface area contributed by atoms with Gasteiger partial charge in [0.2, 0.25) is 5.91 Å². The van der Waals surface area contributed by atoms with E-state index in [1.807, 2.05) is 0 Å². The average molecular weight is 425 g/mol. The second-order valence-corrected chi connectivity index (χ2v) is 9.44. The lowest BCUT2D eigenvalue weighted by Crippen LogP contribution is -2.47. The second-order valence-electron chi connectivity index (χ2n) is 9.44. The van der Waals surface area contributed by atoms with Gasteiger partial charge in [-0.3, -0.25) is 10.1 Å². The van der Waals surface area contributed by atoms with Gasteiger partial charge in [-0.15, -0.1) is 0 Å². The zero-order chi connectivity index (χ0) is 22.1. The Morgan fingerprint density at radius 1 is 0.906 bits per heavy atom. The van der Waals surface area contributed by atoms with Gasteiger partial charge >= 0.3 is 0 Å². The molecule has 164 valence electrons. The van der Waals surface area contributed by atoms with Crippen LogP contribution < -0.4 is 5.32 Å². The Balaban J connectivity index is 1.25. The molecule has 1 amide bonds. The SMILES string of the molecule is CCc1ccccc1C1(C)CCN(C(=O)CNC2c3ccccc3-c3ccccc32)CC1. The fourth-order valence-electron chi connectivity index (χ4n) is 5.61. The first-order chi connectivity index (χ1) is 15.6. The predicted octanol–water partition coefficient (Wildman–Crippen LogP) is 5.49. The maximum Gasteiger partial charge on any atom is 0.236 e. The van der Waals surface area contributed by atoms with Gasteiger partial charge in [-0.05, 0) is 58.1 Å². The van der Waals surface area contributed by atoms with Crippen molar-refractivity contribution in [3.63, 3.8) is 0 Å². The second kappa shape index (κ2) is 8.55. The molecular weight excluding hydrogens is 392 g/mol. The summed E-state index contributed by atoms with van der Waals surface area (Å²) in [5, 5.41) is 3.57. The van der Waals surface area contributed by atoms with E-state index in [0.717, 1.165) is 32.4 Å². The van der Waals surface area contributed by atoms with Crippen LogP contribution >= 0.6 is 0 Å². The first-order valence-electron chi connectivity index (χ1n) is 11.9. The highest BCUT2D eigenvalue weighted by Crippen LogP contribution is 2.43. The molecular formula is C29H32N2O. The van der Waals surface area contributed by atoms with Crippen molar-refractivity contribution in [1.82, 2.24) is 10.2 Å². The molecule has 1 heterocycles. The lowest BCUT2D eigenvalue weighted by molar-refractivity contribution is -0.131. The summed E-state index contributed by atoms with van der Waals surface area (Å²) in [6, 6.07) is 26.0. The summed E-state index contributed by atoms with van der Waals surface area (Å²) in [5.41, 5.74) is 8.14. The van der Waals surface area contributed by atoms with Crippen molar-refractivity contribution >= 4 is 5.91 Å². The Kier molecular flexibility index (Phi) is 5.60. The van der Waals surface area contributed by atoms with Gasteiger partial charge in [0.25, 0.3) is 0 Å². The van der Waals surface area contributed by atoms with Crippen LogP contribution in [0.2, 0.25) is 0 Å². The van der Waals surface area contributed by atoms with Crippen LogP contribution in [0.3, 0.4) is 0 Å². The number of aryl methyl sites for hydroxylation is 1. The molecule has 0 bridgehead atoms. The quantitative estimate of drug-likeness (QED) is 0.587. The molecule has 0 saturated carbocycles. The molecule has 1 saturated heterocycles. The molecule has 0 aromatic heterocycles. The van der Waals surface area contributed by atoms with Gasteiger partial charge in [0.05, 0.1) is 12.6 Å². The number of fused-ring (bicyclic) bond motifs is 3. The Morgan fingerprint density at radius 3 is 2.09 bits per heavy atom. The maximum absolute atomic E-state index is 13.1. The molecule has 0 unspecified atom stereocenters. The summed E-state index contributed by atoms with van der Waals surface area (Å²) < 4.78 is 0. The van der Waals surface area contributed by atoms with E-state index < -0.39 is 0 Å². The van der Waals surface area contributed by atoms with E-state index in [4.69, 9.17) is 0 Å².